The zero-order valence-electron chi connectivity index (χ0n) is 15.9. The monoisotopic (exact) mass is 395 g/mol. The molecule has 0 spiro atoms. The molecule has 150 valence electrons. The number of carbonyl (C=O) groups is 2. The van der Waals surface area contributed by atoms with Gasteiger partial charge in [0.25, 0.3) is 0 Å². The number of Topliss-reactive ketones (excluding diaryl/α,β-unsaturated/α-hetero) is 1. The van der Waals surface area contributed by atoms with Crippen molar-refractivity contribution in [1.82, 2.24) is 9.55 Å². The van der Waals surface area contributed by atoms with Gasteiger partial charge in [0.05, 0.1) is 12.3 Å². The molecule has 3 heterocycles. The summed E-state index contributed by atoms with van der Waals surface area (Å²) in [6.07, 6.45) is 1.29. The second kappa shape index (κ2) is 6.91. The number of carbonyl (C=O) groups excluding carboxylic acids is 2. The van der Waals surface area contributed by atoms with Crippen LogP contribution in [-0.4, -0.2) is 45.0 Å². The summed E-state index contributed by atoms with van der Waals surface area (Å²) in [5.74, 6) is -0.228. The van der Waals surface area contributed by atoms with Crippen molar-refractivity contribution in [2.75, 3.05) is 11.9 Å². The molecule has 3 aliphatic rings. The van der Waals surface area contributed by atoms with Gasteiger partial charge >= 0.3 is 0 Å². The second-order valence-corrected chi connectivity index (χ2v) is 7.49. The molecule has 1 aromatic heterocycles. The first-order chi connectivity index (χ1) is 14.1. The summed E-state index contributed by atoms with van der Waals surface area (Å²) in [7, 11) is 0. The summed E-state index contributed by atoms with van der Waals surface area (Å²) in [6, 6.07) is 7.79. The third-order valence-electron chi connectivity index (χ3n) is 5.48. The average molecular weight is 395 g/mol. The first-order valence-electron chi connectivity index (χ1n) is 9.76. The lowest BCUT2D eigenvalue weighted by Crippen LogP contribution is -2.38. The van der Waals surface area contributed by atoms with Crippen LogP contribution in [0.25, 0.3) is 0 Å². The molecule has 1 saturated heterocycles. The van der Waals surface area contributed by atoms with Gasteiger partial charge in [-0.1, -0.05) is 25.5 Å². The van der Waals surface area contributed by atoms with Gasteiger partial charge in [0.15, 0.2) is 6.23 Å². The summed E-state index contributed by atoms with van der Waals surface area (Å²) >= 11 is 0. The molecule has 0 amide bonds. The minimum Gasteiger partial charge on any atom is -0.388 e. The summed E-state index contributed by atoms with van der Waals surface area (Å²) in [5.41, 5.74) is 2.42. The Morgan fingerprint density at radius 3 is 2.79 bits per heavy atom. The van der Waals surface area contributed by atoms with Gasteiger partial charge in [-0.2, -0.15) is 0 Å². The fourth-order valence-electron chi connectivity index (χ4n) is 4.09. The van der Waals surface area contributed by atoms with E-state index in [1.165, 1.54) is 11.6 Å². The topological polar surface area (TPSA) is 103 Å². The van der Waals surface area contributed by atoms with Gasteiger partial charge in [0, 0.05) is 11.8 Å². The lowest BCUT2D eigenvalue weighted by atomic mass is 10.0. The molecule has 2 N–H and O–H groups in total. The van der Waals surface area contributed by atoms with E-state index in [0.717, 1.165) is 18.5 Å². The highest BCUT2D eigenvalue weighted by Gasteiger charge is 2.46. The van der Waals surface area contributed by atoms with Crippen LogP contribution in [0.3, 0.4) is 0 Å². The first-order valence-corrected chi connectivity index (χ1v) is 9.76. The quantitative estimate of drug-likeness (QED) is 0.816. The number of fused-ring (bicyclic) bond motifs is 5. The molecule has 0 saturated carbocycles. The minimum absolute atomic E-state index is 0.100. The number of ether oxygens (including phenoxy) is 2. The van der Waals surface area contributed by atoms with Gasteiger partial charge in [0.2, 0.25) is 11.6 Å². The summed E-state index contributed by atoms with van der Waals surface area (Å²) in [5, 5.41) is 13.1. The lowest BCUT2D eigenvalue weighted by molar-refractivity contribution is -0.0992. The number of benzene rings is 1. The number of aryl methyl sites for hydroxylation is 1. The van der Waals surface area contributed by atoms with Crippen molar-refractivity contribution in [2.24, 2.45) is 0 Å². The highest BCUT2D eigenvalue weighted by atomic mass is 16.6. The predicted molar refractivity (Wildman–Crippen MR) is 103 cm³/mol. The van der Waals surface area contributed by atoms with Crippen LogP contribution in [0.2, 0.25) is 0 Å². The molecule has 0 bridgehead atoms. The van der Waals surface area contributed by atoms with Gasteiger partial charge in [-0.25, -0.2) is 4.98 Å². The van der Waals surface area contributed by atoms with Crippen LogP contribution in [0, 0.1) is 0 Å². The van der Waals surface area contributed by atoms with Gasteiger partial charge in [-0.05, 0) is 24.1 Å². The van der Waals surface area contributed by atoms with Crippen LogP contribution >= 0.6 is 0 Å². The van der Waals surface area contributed by atoms with E-state index in [2.05, 4.69) is 17.2 Å². The number of aliphatic hydroxyl groups is 1. The highest BCUT2D eigenvalue weighted by molar-refractivity contribution is 6.24. The van der Waals surface area contributed by atoms with Crippen LogP contribution in [0.4, 0.5) is 5.69 Å². The first kappa shape index (κ1) is 18.2. The fraction of sp³-hybridized carbons (Fsp3) is 0.381. The van der Waals surface area contributed by atoms with E-state index in [1.807, 2.05) is 24.3 Å². The number of anilines is 1. The third kappa shape index (κ3) is 2.91. The SMILES string of the molecule is CCCc1ccc(NC2=CC(=O)c3nc4n(c3C2=O)[C@H]2OC[C@@H](O)[C@H]2OC4)cc1. The fourth-order valence-corrected chi connectivity index (χ4v) is 4.09. The number of imidazole rings is 1. The van der Waals surface area contributed by atoms with Gasteiger partial charge in [-0.15, -0.1) is 0 Å². The number of ketones is 2. The van der Waals surface area contributed by atoms with Crippen molar-refractivity contribution in [1.29, 1.82) is 0 Å². The normalized spacial score (nSPS) is 25.3. The molecule has 2 aromatic rings. The van der Waals surface area contributed by atoms with Crippen molar-refractivity contribution < 1.29 is 24.2 Å². The Balaban J connectivity index is 1.47. The van der Waals surface area contributed by atoms with E-state index < -0.39 is 18.4 Å². The van der Waals surface area contributed by atoms with Crippen LogP contribution in [0.15, 0.2) is 36.0 Å². The van der Waals surface area contributed by atoms with Gasteiger partial charge in [-0.3, -0.25) is 14.2 Å². The Kier molecular flexibility index (Phi) is 4.34. The number of nitrogens with one attached hydrogen (secondary N) is 1. The van der Waals surface area contributed by atoms with E-state index >= 15 is 0 Å². The Hall–Kier alpha value is -2.81. The van der Waals surface area contributed by atoms with Gasteiger partial charge in [0.1, 0.15) is 36.0 Å². The van der Waals surface area contributed by atoms with E-state index in [4.69, 9.17) is 9.47 Å². The van der Waals surface area contributed by atoms with E-state index in [1.54, 1.807) is 4.57 Å². The maximum absolute atomic E-state index is 13.2. The van der Waals surface area contributed by atoms with E-state index in [9.17, 15) is 14.7 Å². The number of hydrogen-bond acceptors (Lipinski definition) is 7. The number of hydrogen-bond donors (Lipinski definition) is 2. The number of rotatable bonds is 4. The molecule has 5 rings (SSSR count). The summed E-state index contributed by atoms with van der Waals surface area (Å²) in [6.45, 7) is 2.33. The molecule has 8 nitrogen and oxygen atoms in total. The number of aromatic nitrogens is 2. The van der Waals surface area contributed by atoms with Crippen molar-refractivity contribution in [3.63, 3.8) is 0 Å². The molecule has 0 radical (unpaired) electrons. The van der Waals surface area contributed by atoms with Crippen LogP contribution in [0.1, 0.15) is 51.9 Å². The summed E-state index contributed by atoms with van der Waals surface area (Å²) in [4.78, 5) is 30.2. The lowest BCUT2D eigenvalue weighted by Gasteiger charge is -2.29. The smallest absolute Gasteiger partial charge is 0.228 e. The predicted octanol–water partition coefficient (Wildman–Crippen LogP) is 2.00. The molecule has 8 heteroatoms. The zero-order valence-corrected chi connectivity index (χ0v) is 15.9. The number of nitrogens with zero attached hydrogens (tertiary/aromatic N) is 2. The maximum Gasteiger partial charge on any atom is 0.228 e. The molecule has 29 heavy (non-hydrogen) atoms. The van der Waals surface area contributed by atoms with Crippen LogP contribution < -0.4 is 5.32 Å². The van der Waals surface area contributed by atoms with Crippen molar-refractivity contribution in [3.05, 3.63) is 58.8 Å². The van der Waals surface area contributed by atoms with E-state index in [0.29, 0.717) is 5.82 Å². The third-order valence-corrected chi connectivity index (χ3v) is 5.48. The largest absolute Gasteiger partial charge is 0.388 e. The number of allylic oxidation sites excluding steroid dienone is 2. The standard InChI is InChI=1S/C21H21N3O5/c1-2-3-11-4-6-12(7-5-11)22-13-8-14(25)17-18(19(13)27)24-16(23-17)10-28-20-15(26)9-29-21(20)24/h4-8,15,20-22,26H,2-3,9-10H2,1H3/t15-,20-,21+/m1/s1. The second-order valence-electron chi connectivity index (χ2n) is 7.49. The molecular formula is C21H21N3O5. The molecule has 2 aliphatic heterocycles. The van der Waals surface area contributed by atoms with E-state index in [-0.39, 0.29) is 41.9 Å². The Bertz CT molecular complexity index is 1020. The van der Waals surface area contributed by atoms with Crippen LogP contribution in [0.5, 0.6) is 0 Å². The van der Waals surface area contributed by atoms with Crippen molar-refractivity contribution >= 4 is 17.3 Å². The molecule has 1 aromatic carbocycles. The maximum atomic E-state index is 13.2. The Morgan fingerprint density at radius 1 is 1.24 bits per heavy atom. The highest BCUT2D eigenvalue weighted by Crippen LogP contribution is 2.37. The van der Waals surface area contributed by atoms with Crippen LogP contribution in [-0.2, 0) is 22.5 Å². The Labute approximate surface area is 167 Å². The average Bonchev–Trinajstić information content (AvgIpc) is 3.29. The Morgan fingerprint density at radius 2 is 2.03 bits per heavy atom. The molecule has 0 unspecified atom stereocenters. The molecule has 1 fully saturated rings. The zero-order chi connectivity index (χ0) is 20.1. The molecule has 1 aliphatic carbocycles. The summed E-state index contributed by atoms with van der Waals surface area (Å²) < 4.78 is 12.9. The molecular weight excluding hydrogens is 374 g/mol. The van der Waals surface area contributed by atoms with Gasteiger partial charge < -0.3 is 19.9 Å². The molecule has 3 atom stereocenters. The minimum atomic E-state index is -0.782. The van der Waals surface area contributed by atoms with Crippen molar-refractivity contribution in [3.8, 4) is 0 Å². The van der Waals surface area contributed by atoms with Crippen molar-refractivity contribution in [2.45, 2.75) is 44.8 Å². The number of aliphatic hydroxyl groups excluding tert-OH is 1.